The lowest BCUT2D eigenvalue weighted by atomic mass is 9.92. The number of benzene rings is 1. The number of urea groups is 1. The zero-order chi connectivity index (χ0) is 21.2. The molecule has 0 bridgehead atoms. The minimum absolute atomic E-state index is 0.252. The van der Waals surface area contributed by atoms with Crippen molar-refractivity contribution in [3.8, 4) is 0 Å². The third-order valence-electron chi connectivity index (χ3n) is 4.56. The first-order chi connectivity index (χ1) is 13.0. The van der Waals surface area contributed by atoms with Gasteiger partial charge in [-0.3, -0.25) is 14.5 Å². The van der Waals surface area contributed by atoms with Gasteiger partial charge >= 0.3 is 6.03 Å². The zero-order valence-electron chi connectivity index (χ0n) is 16.9. The lowest BCUT2D eigenvalue weighted by Gasteiger charge is -2.28. The molecule has 0 aliphatic carbocycles. The van der Waals surface area contributed by atoms with Crippen molar-refractivity contribution in [3.63, 3.8) is 0 Å². The van der Waals surface area contributed by atoms with Crippen molar-refractivity contribution in [3.05, 3.63) is 33.8 Å². The second kappa shape index (κ2) is 8.70. The minimum atomic E-state index is -1.35. The Kier molecular flexibility index (Phi) is 6.99. The quantitative estimate of drug-likeness (QED) is 0.670. The third kappa shape index (κ3) is 4.78. The number of amides is 4. The molecule has 8 heteroatoms. The van der Waals surface area contributed by atoms with Crippen molar-refractivity contribution in [2.24, 2.45) is 11.8 Å². The fourth-order valence-electron chi connectivity index (χ4n) is 3.31. The van der Waals surface area contributed by atoms with Crippen molar-refractivity contribution in [2.45, 2.75) is 40.2 Å². The Balaban J connectivity index is 2.24. The number of hydrogen-bond acceptors (Lipinski definition) is 3. The first-order valence-electron chi connectivity index (χ1n) is 9.33. The topological polar surface area (TPSA) is 69.7 Å². The van der Waals surface area contributed by atoms with Gasteiger partial charge in [0.1, 0.15) is 12.1 Å². The van der Waals surface area contributed by atoms with Crippen LogP contribution in [0.3, 0.4) is 0 Å². The fourth-order valence-corrected chi connectivity index (χ4v) is 3.91. The normalized spacial score (nSPS) is 19.5. The van der Waals surface area contributed by atoms with Crippen LogP contribution in [-0.4, -0.2) is 47.3 Å². The lowest BCUT2D eigenvalue weighted by molar-refractivity contribution is -0.139. The summed E-state index contributed by atoms with van der Waals surface area (Å²) in [6.07, 6.45) is 0. The molecule has 4 amide bonds. The van der Waals surface area contributed by atoms with E-state index in [0.717, 1.165) is 4.90 Å². The fraction of sp³-hybridized carbons (Fsp3) is 0.550. The smallest absolute Gasteiger partial charge is 0.325 e. The highest BCUT2D eigenvalue weighted by Gasteiger charge is 2.50. The molecule has 0 saturated carbocycles. The van der Waals surface area contributed by atoms with Crippen LogP contribution in [0.5, 0.6) is 0 Å². The number of imide groups is 1. The molecule has 1 aliphatic rings. The summed E-state index contributed by atoms with van der Waals surface area (Å²) in [6.45, 7) is 10.5. The van der Waals surface area contributed by atoms with Crippen LogP contribution in [0.15, 0.2) is 18.2 Å². The number of carbonyl (C=O) groups is 3. The number of nitrogens with one attached hydrogen (secondary N) is 1. The van der Waals surface area contributed by atoms with E-state index in [1.807, 2.05) is 27.7 Å². The molecule has 6 nitrogen and oxygen atoms in total. The van der Waals surface area contributed by atoms with Gasteiger partial charge in [0.25, 0.3) is 5.91 Å². The Morgan fingerprint density at radius 2 is 1.71 bits per heavy atom. The van der Waals surface area contributed by atoms with Crippen molar-refractivity contribution in [2.75, 3.05) is 19.6 Å². The average Bonchev–Trinajstić information content (AvgIpc) is 2.77. The van der Waals surface area contributed by atoms with Crippen molar-refractivity contribution < 1.29 is 14.4 Å². The predicted molar refractivity (Wildman–Crippen MR) is 110 cm³/mol. The van der Waals surface area contributed by atoms with Gasteiger partial charge in [-0.1, -0.05) is 57.0 Å². The summed E-state index contributed by atoms with van der Waals surface area (Å²) in [4.78, 5) is 41.1. The highest BCUT2D eigenvalue weighted by Crippen LogP contribution is 2.34. The molecule has 1 aromatic carbocycles. The Morgan fingerprint density at radius 3 is 2.21 bits per heavy atom. The highest BCUT2D eigenvalue weighted by atomic mass is 35.5. The van der Waals surface area contributed by atoms with Crippen molar-refractivity contribution in [1.82, 2.24) is 15.1 Å². The summed E-state index contributed by atoms with van der Waals surface area (Å²) in [7, 11) is 0. The van der Waals surface area contributed by atoms with Gasteiger partial charge in [0, 0.05) is 28.7 Å². The summed E-state index contributed by atoms with van der Waals surface area (Å²) in [5, 5.41) is 3.38. The van der Waals surface area contributed by atoms with E-state index in [0.29, 0.717) is 23.7 Å². The third-order valence-corrected chi connectivity index (χ3v) is 5.11. The van der Waals surface area contributed by atoms with Gasteiger partial charge in [-0.25, -0.2) is 4.79 Å². The van der Waals surface area contributed by atoms with Crippen LogP contribution < -0.4 is 5.32 Å². The molecule has 154 valence electrons. The maximum Gasteiger partial charge on any atom is 0.325 e. The van der Waals surface area contributed by atoms with Gasteiger partial charge in [0.15, 0.2) is 0 Å². The van der Waals surface area contributed by atoms with Crippen LogP contribution in [0.4, 0.5) is 4.79 Å². The summed E-state index contributed by atoms with van der Waals surface area (Å²) in [6, 6.07) is 4.12. The van der Waals surface area contributed by atoms with Gasteiger partial charge in [-0.05, 0) is 30.9 Å². The SMILES string of the molecule is CC(C)CN(CC(C)C)C(=O)CN1C(=O)N[C@@](C)(c2ccc(Cl)cc2Cl)C1=O. The van der Waals surface area contributed by atoms with Gasteiger partial charge in [-0.15, -0.1) is 0 Å². The highest BCUT2D eigenvalue weighted by molar-refractivity contribution is 6.35. The van der Waals surface area contributed by atoms with Crippen LogP contribution in [0, 0.1) is 11.8 Å². The van der Waals surface area contributed by atoms with Gasteiger partial charge in [0.05, 0.1) is 0 Å². The van der Waals surface area contributed by atoms with Crippen LogP contribution in [0.25, 0.3) is 0 Å². The zero-order valence-corrected chi connectivity index (χ0v) is 18.4. The molecule has 0 spiro atoms. The molecular formula is C20H27Cl2N3O3. The predicted octanol–water partition coefficient (Wildman–Crippen LogP) is 3.90. The van der Waals surface area contributed by atoms with Crippen LogP contribution in [0.1, 0.15) is 40.2 Å². The van der Waals surface area contributed by atoms with E-state index in [1.165, 1.54) is 6.07 Å². The number of carbonyl (C=O) groups excluding carboxylic acids is 3. The molecule has 2 rings (SSSR count). The summed E-state index contributed by atoms with van der Waals surface area (Å²) >= 11 is 12.2. The van der Waals surface area contributed by atoms with E-state index in [9.17, 15) is 14.4 Å². The Labute approximate surface area is 176 Å². The molecule has 1 N–H and O–H groups in total. The molecule has 0 unspecified atom stereocenters. The van der Waals surface area contributed by atoms with E-state index >= 15 is 0 Å². The Hall–Kier alpha value is -1.79. The maximum atomic E-state index is 13.1. The molecular weight excluding hydrogens is 401 g/mol. The number of rotatable bonds is 7. The minimum Gasteiger partial charge on any atom is -0.341 e. The van der Waals surface area contributed by atoms with Gasteiger partial charge in [-0.2, -0.15) is 0 Å². The van der Waals surface area contributed by atoms with Crippen LogP contribution >= 0.6 is 23.2 Å². The molecule has 0 radical (unpaired) electrons. The van der Waals surface area contributed by atoms with Gasteiger partial charge in [0.2, 0.25) is 5.91 Å². The molecule has 1 aliphatic heterocycles. The lowest BCUT2D eigenvalue weighted by Crippen LogP contribution is -2.46. The standard InChI is InChI=1S/C20H27Cl2N3O3/c1-12(2)9-24(10-13(3)4)17(26)11-25-18(27)20(5,23-19(25)28)15-7-6-14(21)8-16(15)22/h6-8,12-13H,9-11H2,1-5H3,(H,23,28)/t20-/m0/s1. The average molecular weight is 428 g/mol. The van der Waals surface area contributed by atoms with Gasteiger partial charge < -0.3 is 10.2 Å². The first kappa shape index (κ1) is 22.5. The van der Waals surface area contributed by atoms with E-state index in [1.54, 1.807) is 24.0 Å². The van der Waals surface area contributed by atoms with E-state index in [4.69, 9.17) is 23.2 Å². The largest absolute Gasteiger partial charge is 0.341 e. The first-order valence-corrected chi connectivity index (χ1v) is 10.1. The maximum absolute atomic E-state index is 13.1. The molecule has 1 atom stereocenters. The Bertz CT molecular complexity index is 772. The van der Waals surface area contributed by atoms with E-state index in [2.05, 4.69) is 5.32 Å². The number of halogens is 2. The van der Waals surface area contributed by atoms with Crippen molar-refractivity contribution in [1.29, 1.82) is 0 Å². The molecule has 1 fully saturated rings. The molecule has 1 heterocycles. The van der Waals surface area contributed by atoms with E-state index in [-0.39, 0.29) is 29.3 Å². The molecule has 1 saturated heterocycles. The summed E-state index contributed by atoms with van der Waals surface area (Å²) < 4.78 is 0. The number of hydrogen-bond donors (Lipinski definition) is 1. The monoisotopic (exact) mass is 427 g/mol. The van der Waals surface area contributed by atoms with Crippen molar-refractivity contribution >= 4 is 41.0 Å². The van der Waals surface area contributed by atoms with E-state index < -0.39 is 17.5 Å². The second-order valence-electron chi connectivity index (χ2n) is 8.16. The second-order valence-corrected chi connectivity index (χ2v) is 9.00. The Morgan fingerprint density at radius 1 is 1.14 bits per heavy atom. The summed E-state index contributed by atoms with van der Waals surface area (Å²) in [5.41, 5.74) is -0.909. The van der Waals surface area contributed by atoms with Crippen LogP contribution in [0.2, 0.25) is 10.0 Å². The molecule has 0 aromatic heterocycles. The summed E-state index contributed by atoms with van der Waals surface area (Å²) in [5.74, 6) is -0.200. The molecule has 28 heavy (non-hydrogen) atoms. The number of nitrogens with zero attached hydrogens (tertiary/aromatic N) is 2. The molecule has 1 aromatic rings. The van der Waals surface area contributed by atoms with Crippen LogP contribution in [-0.2, 0) is 15.1 Å².